The molecule has 1 aliphatic heterocycles. The van der Waals surface area contributed by atoms with Gasteiger partial charge in [0.2, 0.25) is 0 Å². The van der Waals surface area contributed by atoms with Gasteiger partial charge in [-0.2, -0.15) is 5.10 Å². The van der Waals surface area contributed by atoms with Gasteiger partial charge >= 0.3 is 0 Å². The number of nitrogens with zero attached hydrogens (tertiary/aromatic N) is 3. The number of rotatable bonds is 3. The summed E-state index contributed by atoms with van der Waals surface area (Å²) >= 11 is 0. The molecule has 2 atom stereocenters. The maximum absolute atomic E-state index is 12.7. The molecule has 6 heteroatoms. The molecule has 3 heterocycles. The summed E-state index contributed by atoms with van der Waals surface area (Å²) in [6.07, 6.45) is 6.01. The minimum absolute atomic E-state index is 0.0114. The highest BCUT2D eigenvalue weighted by Crippen LogP contribution is 2.27. The number of para-hydroxylation sites is 1. The van der Waals surface area contributed by atoms with Crippen LogP contribution in [0.25, 0.3) is 10.9 Å². The molecule has 0 spiro atoms. The van der Waals surface area contributed by atoms with Gasteiger partial charge in [-0.15, -0.1) is 0 Å². The van der Waals surface area contributed by atoms with E-state index in [1.165, 1.54) is 0 Å². The van der Waals surface area contributed by atoms with Crippen molar-refractivity contribution in [1.29, 1.82) is 0 Å². The van der Waals surface area contributed by atoms with Crippen LogP contribution in [-0.4, -0.2) is 34.0 Å². The van der Waals surface area contributed by atoms with E-state index in [-0.39, 0.29) is 17.6 Å². The fourth-order valence-electron chi connectivity index (χ4n) is 4.16. The Balaban J connectivity index is 1.48. The van der Waals surface area contributed by atoms with Gasteiger partial charge in [-0.05, 0) is 43.4 Å². The van der Waals surface area contributed by atoms with Gasteiger partial charge in [0.05, 0.1) is 30.5 Å². The van der Waals surface area contributed by atoms with Crippen LogP contribution in [0.2, 0.25) is 0 Å². The molecule has 0 radical (unpaired) electrons. The zero-order valence-electron chi connectivity index (χ0n) is 15.1. The third-order valence-corrected chi connectivity index (χ3v) is 5.59. The second kappa shape index (κ2) is 6.78. The third kappa shape index (κ3) is 3.00. The highest BCUT2D eigenvalue weighted by molar-refractivity contribution is 5.91. The van der Waals surface area contributed by atoms with Crippen molar-refractivity contribution in [3.05, 3.63) is 64.2 Å². The lowest BCUT2D eigenvalue weighted by Gasteiger charge is -2.24. The molecule has 1 fully saturated rings. The van der Waals surface area contributed by atoms with Crippen molar-refractivity contribution in [2.24, 2.45) is 0 Å². The van der Waals surface area contributed by atoms with Crippen molar-refractivity contribution in [1.82, 2.24) is 14.8 Å². The zero-order valence-corrected chi connectivity index (χ0v) is 15.1. The van der Waals surface area contributed by atoms with Crippen molar-refractivity contribution in [3.63, 3.8) is 0 Å². The molecule has 5 rings (SSSR count). The Morgan fingerprint density at radius 1 is 1.11 bits per heavy atom. The molecule has 1 aromatic carbocycles. The van der Waals surface area contributed by atoms with Crippen molar-refractivity contribution in [3.8, 4) is 0 Å². The summed E-state index contributed by atoms with van der Waals surface area (Å²) in [4.78, 5) is 17.1. The third-order valence-electron chi connectivity index (χ3n) is 5.59. The number of aryl methyl sites for hydroxylation is 2. The summed E-state index contributed by atoms with van der Waals surface area (Å²) in [7, 11) is 0. The number of fused-ring (bicyclic) bond motifs is 2. The number of aromatic nitrogens is 3. The first-order valence-corrected chi connectivity index (χ1v) is 9.59. The molecule has 1 N–H and O–H groups in total. The minimum atomic E-state index is -0.114. The first-order chi connectivity index (χ1) is 13.3. The summed E-state index contributed by atoms with van der Waals surface area (Å²) in [6.45, 7) is 1.04. The van der Waals surface area contributed by atoms with Crippen LogP contribution in [0.15, 0.2) is 47.4 Å². The van der Waals surface area contributed by atoms with Gasteiger partial charge in [-0.1, -0.05) is 18.2 Å². The Morgan fingerprint density at radius 3 is 2.96 bits per heavy atom. The maximum Gasteiger partial charge on any atom is 0.267 e. The van der Waals surface area contributed by atoms with E-state index in [9.17, 15) is 4.79 Å². The summed E-state index contributed by atoms with van der Waals surface area (Å²) in [6, 6.07) is 11.7. The van der Waals surface area contributed by atoms with Crippen LogP contribution in [0.3, 0.4) is 0 Å². The van der Waals surface area contributed by atoms with Crippen LogP contribution >= 0.6 is 0 Å². The van der Waals surface area contributed by atoms with Gasteiger partial charge in [-0.3, -0.25) is 9.78 Å². The number of ether oxygens (including phenoxy) is 1. The van der Waals surface area contributed by atoms with Crippen LogP contribution in [-0.2, 0) is 17.6 Å². The molecule has 0 bridgehead atoms. The first kappa shape index (κ1) is 16.4. The smallest absolute Gasteiger partial charge is 0.267 e. The highest BCUT2D eigenvalue weighted by Gasteiger charge is 2.32. The van der Waals surface area contributed by atoms with Crippen LogP contribution in [0.1, 0.15) is 30.1 Å². The van der Waals surface area contributed by atoms with Gasteiger partial charge in [0.15, 0.2) is 0 Å². The zero-order chi connectivity index (χ0) is 18.2. The molecular formula is C21H22N4O2. The highest BCUT2D eigenvalue weighted by atomic mass is 16.5. The van der Waals surface area contributed by atoms with E-state index in [0.717, 1.165) is 53.5 Å². The predicted octanol–water partition coefficient (Wildman–Crippen LogP) is 2.72. The molecule has 138 valence electrons. The first-order valence-electron chi connectivity index (χ1n) is 9.59. The standard InChI is InChI=1S/C21H22N4O2/c26-21-11-14-5-1-3-7-16(14)24-25(21)20-13-27-12-19(20)23-18-9-10-22-17-8-4-2-6-15(17)18/h2,4,6,8-11,19-20H,1,3,5,7,12-13H2,(H,22,23). The van der Waals surface area contributed by atoms with Gasteiger partial charge in [-0.25, -0.2) is 4.68 Å². The van der Waals surface area contributed by atoms with Gasteiger partial charge in [0.1, 0.15) is 6.04 Å². The molecule has 2 aliphatic rings. The van der Waals surface area contributed by atoms with E-state index in [2.05, 4.69) is 16.4 Å². The molecular weight excluding hydrogens is 340 g/mol. The Kier molecular flexibility index (Phi) is 4.13. The van der Waals surface area contributed by atoms with Crippen molar-refractivity contribution < 1.29 is 4.74 Å². The second-order valence-electron chi connectivity index (χ2n) is 7.34. The normalized spacial score (nSPS) is 21.9. The Labute approximate surface area is 157 Å². The van der Waals surface area contributed by atoms with Gasteiger partial charge in [0.25, 0.3) is 5.56 Å². The fourth-order valence-corrected chi connectivity index (χ4v) is 4.16. The lowest BCUT2D eigenvalue weighted by atomic mass is 9.97. The lowest BCUT2D eigenvalue weighted by molar-refractivity contribution is 0.182. The molecule has 6 nitrogen and oxygen atoms in total. The quantitative estimate of drug-likeness (QED) is 0.776. The van der Waals surface area contributed by atoms with Crippen molar-refractivity contribution in [2.45, 2.75) is 37.8 Å². The SMILES string of the molecule is O=c1cc2c(nn1C1COCC1Nc1ccnc3ccccc13)CCCC2. The van der Waals surface area contributed by atoms with Crippen LogP contribution in [0, 0.1) is 0 Å². The lowest BCUT2D eigenvalue weighted by Crippen LogP contribution is -2.38. The Hall–Kier alpha value is -2.73. The molecule has 3 aromatic rings. The summed E-state index contributed by atoms with van der Waals surface area (Å²) < 4.78 is 7.37. The molecule has 2 unspecified atom stereocenters. The largest absolute Gasteiger partial charge is 0.377 e. The van der Waals surface area contributed by atoms with E-state index in [1.807, 2.05) is 24.3 Å². The number of hydrogen-bond donors (Lipinski definition) is 1. The van der Waals surface area contributed by atoms with Crippen molar-refractivity contribution >= 4 is 16.6 Å². The Morgan fingerprint density at radius 2 is 2.00 bits per heavy atom. The van der Waals surface area contributed by atoms with E-state index in [1.54, 1.807) is 16.9 Å². The second-order valence-corrected chi connectivity index (χ2v) is 7.34. The fraction of sp³-hybridized carbons (Fsp3) is 0.381. The van der Waals surface area contributed by atoms with E-state index >= 15 is 0 Å². The number of nitrogens with one attached hydrogen (secondary N) is 1. The number of pyridine rings is 1. The molecule has 0 amide bonds. The number of hydrogen-bond acceptors (Lipinski definition) is 5. The molecule has 1 saturated heterocycles. The summed E-state index contributed by atoms with van der Waals surface area (Å²) in [5.41, 5.74) is 4.11. The van der Waals surface area contributed by atoms with Crippen LogP contribution in [0.5, 0.6) is 0 Å². The number of anilines is 1. The van der Waals surface area contributed by atoms with E-state index in [4.69, 9.17) is 9.84 Å². The van der Waals surface area contributed by atoms with E-state index in [0.29, 0.717) is 13.2 Å². The summed E-state index contributed by atoms with van der Waals surface area (Å²) in [5, 5.41) is 9.36. The van der Waals surface area contributed by atoms with Crippen LogP contribution < -0.4 is 10.9 Å². The predicted molar refractivity (Wildman–Crippen MR) is 104 cm³/mol. The topological polar surface area (TPSA) is 69.0 Å². The molecule has 27 heavy (non-hydrogen) atoms. The van der Waals surface area contributed by atoms with E-state index < -0.39 is 0 Å². The molecule has 0 saturated carbocycles. The molecule has 2 aromatic heterocycles. The summed E-state index contributed by atoms with van der Waals surface area (Å²) in [5.74, 6) is 0. The average Bonchev–Trinajstić information content (AvgIpc) is 3.15. The maximum atomic E-state index is 12.7. The molecule has 1 aliphatic carbocycles. The number of benzene rings is 1. The van der Waals surface area contributed by atoms with Gasteiger partial charge in [0, 0.05) is 23.3 Å². The Bertz CT molecular complexity index is 1040. The minimum Gasteiger partial charge on any atom is -0.377 e. The average molecular weight is 362 g/mol. The van der Waals surface area contributed by atoms with Crippen molar-refractivity contribution in [2.75, 3.05) is 18.5 Å². The monoisotopic (exact) mass is 362 g/mol. The van der Waals surface area contributed by atoms with Gasteiger partial charge < -0.3 is 10.1 Å². The van der Waals surface area contributed by atoms with Crippen LogP contribution in [0.4, 0.5) is 5.69 Å².